The molecular weight excluding hydrogens is 436 g/mol. The quantitative estimate of drug-likeness (QED) is 0.656. The van der Waals surface area contributed by atoms with E-state index in [1.807, 2.05) is 0 Å². The Balaban J connectivity index is 2.21. The number of rotatable bonds is 6. The molecule has 1 aromatic heterocycles. The molecule has 1 atom stereocenters. The van der Waals surface area contributed by atoms with Crippen molar-refractivity contribution < 1.29 is 24.1 Å². The molecule has 32 heavy (non-hydrogen) atoms. The Morgan fingerprint density at radius 2 is 1.81 bits per heavy atom. The van der Waals surface area contributed by atoms with Crippen molar-refractivity contribution in [2.75, 3.05) is 21.3 Å². The summed E-state index contributed by atoms with van der Waals surface area (Å²) >= 11 is 5.19. The fourth-order valence-electron chi connectivity index (χ4n) is 3.77. The second-order valence-electron chi connectivity index (χ2n) is 7.19. The number of hydrogen-bond donors (Lipinski definition) is 1. The van der Waals surface area contributed by atoms with Gasteiger partial charge in [0.1, 0.15) is 5.56 Å². The number of carbonyl (C=O) groups is 1. The molecule has 3 rings (SSSR count). The largest absolute Gasteiger partial charge is 0.494 e. The van der Waals surface area contributed by atoms with Crippen molar-refractivity contribution in [2.45, 2.75) is 25.8 Å². The lowest BCUT2D eigenvalue weighted by Gasteiger charge is -2.24. The van der Waals surface area contributed by atoms with E-state index in [0.29, 0.717) is 22.8 Å². The van der Waals surface area contributed by atoms with Crippen LogP contribution in [0.25, 0.3) is 0 Å². The number of hydrazone groups is 1. The van der Waals surface area contributed by atoms with Gasteiger partial charge in [-0.1, -0.05) is 6.92 Å². The average molecular weight is 463 g/mol. The summed E-state index contributed by atoms with van der Waals surface area (Å²) in [5.74, 6) is 0.694. The normalized spacial score (nSPS) is 15.5. The van der Waals surface area contributed by atoms with Gasteiger partial charge in [-0.2, -0.15) is 5.10 Å². The van der Waals surface area contributed by atoms with E-state index in [1.165, 1.54) is 42.5 Å². The zero-order valence-corrected chi connectivity index (χ0v) is 19.6. The van der Waals surface area contributed by atoms with Crippen LogP contribution in [0, 0.1) is 4.77 Å². The van der Waals surface area contributed by atoms with E-state index in [4.69, 9.17) is 26.4 Å². The van der Waals surface area contributed by atoms with Crippen LogP contribution >= 0.6 is 12.2 Å². The van der Waals surface area contributed by atoms with E-state index < -0.39 is 11.6 Å². The zero-order valence-electron chi connectivity index (χ0n) is 18.8. The molecule has 0 saturated heterocycles. The molecule has 0 bridgehead atoms. The number of nitrogens with zero attached hydrogens (tertiary/aromatic N) is 4. The molecule has 11 heteroatoms. The monoisotopic (exact) mass is 462 g/mol. The van der Waals surface area contributed by atoms with E-state index in [9.17, 15) is 14.7 Å². The Morgan fingerprint density at radius 3 is 2.38 bits per heavy atom. The van der Waals surface area contributed by atoms with Crippen LogP contribution in [-0.2, 0) is 18.9 Å². The first kappa shape index (κ1) is 23.3. The van der Waals surface area contributed by atoms with Crippen molar-refractivity contribution in [3.05, 3.63) is 38.4 Å². The Morgan fingerprint density at radius 1 is 1.16 bits per heavy atom. The summed E-state index contributed by atoms with van der Waals surface area (Å²) < 4.78 is 19.2. The molecule has 0 radical (unpaired) electrons. The summed E-state index contributed by atoms with van der Waals surface area (Å²) in [6.45, 7) is 1.72. The molecule has 1 unspecified atom stereocenters. The standard InChI is InChI=1S/C21H26N4O6S/c1-7-15(26)25-13(11-8-9-14(29-4)18(31-6)17(11)30-5)10-12(22-25)16-19(27)23(2)21(32)24(3)20(16)28/h8-9,13,27H,7,10H2,1-6H3. The number of amides is 1. The number of carbonyl (C=O) groups excluding carboxylic acids is 1. The van der Waals surface area contributed by atoms with Gasteiger partial charge in [0.15, 0.2) is 16.3 Å². The van der Waals surface area contributed by atoms with Crippen molar-refractivity contribution in [1.82, 2.24) is 14.1 Å². The van der Waals surface area contributed by atoms with Gasteiger partial charge < -0.3 is 19.3 Å². The highest BCUT2D eigenvalue weighted by molar-refractivity contribution is 7.71. The van der Waals surface area contributed by atoms with Gasteiger partial charge in [0.25, 0.3) is 5.56 Å². The van der Waals surface area contributed by atoms with Crippen molar-refractivity contribution in [1.29, 1.82) is 0 Å². The summed E-state index contributed by atoms with van der Waals surface area (Å²) in [6, 6.07) is 2.90. The van der Waals surface area contributed by atoms with Crippen LogP contribution in [0.15, 0.2) is 22.0 Å². The molecule has 1 aliphatic rings. The Kier molecular flexibility index (Phi) is 6.58. The lowest BCUT2D eigenvalue weighted by Crippen LogP contribution is -2.28. The number of aromatic nitrogens is 2. The molecule has 2 aromatic rings. The van der Waals surface area contributed by atoms with Gasteiger partial charge in [-0.25, -0.2) is 5.01 Å². The molecule has 172 valence electrons. The molecule has 0 fully saturated rings. The van der Waals surface area contributed by atoms with Gasteiger partial charge in [-0.3, -0.25) is 18.7 Å². The van der Waals surface area contributed by atoms with E-state index in [1.54, 1.807) is 26.1 Å². The van der Waals surface area contributed by atoms with Gasteiger partial charge in [0.2, 0.25) is 17.5 Å². The van der Waals surface area contributed by atoms with Crippen LogP contribution in [0.2, 0.25) is 0 Å². The molecule has 1 N–H and O–H groups in total. The first-order valence-electron chi connectivity index (χ1n) is 9.89. The Bertz CT molecular complexity index is 1220. The molecule has 0 spiro atoms. The first-order valence-corrected chi connectivity index (χ1v) is 10.3. The Hall–Kier alpha value is -3.34. The third-order valence-corrected chi connectivity index (χ3v) is 6.03. The van der Waals surface area contributed by atoms with Crippen molar-refractivity contribution >= 4 is 23.8 Å². The number of hydrogen-bond acceptors (Lipinski definition) is 8. The molecule has 1 aromatic carbocycles. The van der Waals surface area contributed by atoms with Gasteiger partial charge in [0, 0.05) is 32.5 Å². The van der Waals surface area contributed by atoms with Gasteiger partial charge in [-0.15, -0.1) is 0 Å². The van der Waals surface area contributed by atoms with E-state index >= 15 is 0 Å². The van der Waals surface area contributed by atoms with Crippen LogP contribution < -0.4 is 19.8 Å². The molecule has 1 aliphatic heterocycles. The lowest BCUT2D eigenvalue weighted by atomic mass is 9.97. The van der Waals surface area contributed by atoms with Crippen molar-refractivity contribution in [3.8, 4) is 23.1 Å². The highest BCUT2D eigenvalue weighted by Gasteiger charge is 2.37. The molecular formula is C21H26N4O6S. The highest BCUT2D eigenvalue weighted by Crippen LogP contribution is 2.46. The van der Waals surface area contributed by atoms with Crippen LogP contribution in [0.4, 0.5) is 0 Å². The number of methoxy groups -OCH3 is 3. The zero-order chi connectivity index (χ0) is 23.7. The summed E-state index contributed by atoms with van der Waals surface area (Å²) in [4.78, 5) is 25.7. The smallest absolute Gasteiger partial charge is 0.267 e. The number of aromatic hydroxyl groups is 1. The van der Waals surface area contributed by atoms with Gasteiger partial charge in [0.05, 0.1) is 33.1 Å². The third-order valence-electron chi connectivity index (χ3n) is 5.48. The predicted molar refractivity (Wildman–Crippen MR) is 120 cm³/mol. The highest BCUT2D eigenvalue weighted by atomic mass is 32.1. The van der Waals surface area contributed by atoms with Crippen molar-refractivity contribution in [3.63, 3.8) is 0 Å². The predicted octanol–water partition coefficient (Wildman–Crippen LogP) is 2.27. The maximum Gasteiger partial charge on any atom is 0.267 e. The summed E-state index contributed by atoms with van der Waals surface area (Å²) in [5, 5.41) is 16.4. The fraction of sp³-hybridized carbons (Fsp3) is 0.429. The molecule has 2 heterocycles. The second-order valence-corrected chi connectivity index (χ2v) is 7.55. The minimum atomic E-state index is -0.579. The second kappa shape index (κ2) is 9.03. The maximum atomic E-state index is 12.9. The average Bonchev–Trinajstić information content (AvgIpc) is 3.24. The molecule has 0 aliphatic carbocycles. The SMILES string of the molecule is CCC(=O)N1N=C(c2c(O)n(C)c(=S)n(C)c2=O)CC1c1ccc(OC)c(OC)c1OC. The molecule has 0 saturated carbocycles. The minimum absolute atomic E-state index is 0.000512. The summed E-state index contributed by atoms with van der Waals surface area (Å²) in [6.07, 6.45) is 0.378. The van der Waals surface area contributed by atoms with Crippen LogP contribution in [0.3, 0.4) is 0 Å². The Labute approximate surface area is 190 Å². The van der Waals surface area contributed by atoms with E-state index in [2.05, 4.69) is 5.10 Å². The van der Waals surface area contributed by atoms with E-state index in [-0.39, 0.29) is 40.7 Å². The number of ether oxygens (including phenoxy) is 3. The first-order chi connectivity index (χ1) is 15.2. The van der Waals surface area contributed by atoms with Gasteiger partial charge in [-0.05, 0) is 24.4 Å². The van der Waals surface area contributed by atoms with Crippen LogP contribution in [0.1, 0.15) is 36.9 Å². The fourth-order valence-corrected chi connectivity index (χ4v) is 3.94. The lowest BCUT2D eigenvalue weighted by molar-refractivity contribution is -0.132. The molecule has 10 nitrogen and oxygen atoms in total. The summed E-state index contributed by atoms with van der Waals surface area (Å²) in [5.41, 5.74) is 0.413. The van der Waals surface area contributed by atoms with E-state index in [0.717, 1.165) is 0 Å². The molecule has 1 amide bonds. The van der Waals surface area contributed by atoms with Crippen LogP contribution in [0.5, 0.6) is 23.1 Å². The summed E-state index contributed by atoms with van der Waals surface area (Å²) in [7, 11) is 7.58. The van der Waals surface area contributed by atoms with Crippen LogP contribution in [-0.4, -0.2) is 52.2 Å². The van der Waals surface area contributed by atoms with Crippen molar-refractivity contribution in [2.24, 2.45) is 19.2 Å². The topological polar surface area (TPSA) is 108 Å². The van der Waals surface area contributed by atoms with Gasteiger partial charge >= 0.3 is 0 Å². The number of benzene rings is 1. The minimum Gasteiger partial charge on any atom is -0.494 e. The maximum absolute atomic E-state index is 12.9. The third kappa shape index (κ3) is 3.62.